The number of halogens is 1. The van der Waals surface area contributed by atoms with Crippen molar-refractivity contribution < 1.29 is 18.7 Å². The maximum Gasteiger partial charge on any atom is 0.255 e. The van der Waals surface area contributed by atoms with Crippen molar-refractivity contribution in [1.82, 2.24) is 5.32 Å². The van der Waals surface area contributed by atoms with Crippen molar-refractivity contribution in [3.8, 4) is 5.75 Å². The smallest absolute Gasteiger partial charge is 0.255 e. The zero-order valence-electron chi connectivity index (χ0n) is 15.9. The normalized spacial score (nSPS) is 10.3. The quantitative estimate of drug-likeness (QED) is 0.637. The van der Waals surface area contributed by atoms with Gasteiger partial charge in [0, 0.05) is 12.1 Å². The molecule has 0 fully saturated rings. The summed E-state index contributed by atoms with van der Waals surface area (Å²) < 4.78 is 18.7. The summed E-state index contributed by atoms with van der Waals surface area (Å²) in [7, 11) is 1.35. The van der Waals surface area contributed by atoms with Gasteiger partial charge in [0.2, 0.25) is 0 Å². The lowest BCUT2D eigenvalue weighted by atomic mass is 10.1. The van der Waals surface area contributed by atoms with Gasteiger partial charge in [-0.05, 0) is 42.3 Å². The van der Waals surface area contributed by atoms with E-state index >= 15 is 0 Å². The Bertz CT molecular complexity index is 1010. The van der Waals surface area contributed by atoms with Crippen molar-refractivity contribution >= 4 is 17.5 Å². The van der Waals surface area contributed by atoms with Crippen LogP contribution in [0.1, 0.15) is 26.3 Å². The van der Waals surface area contributed by atoms with Crippen LogP contribution in [0.5, 0.6) is 5.75 Å². The number of amides is 2. The number of methoxy groups -OCH3 is 1. The predicted molar refractivity (Wildman–Crippen MR) is 110 cm³/mol. The Morgan fingerprint density at radius 2 is 1.66 bits per heavy atom. The average Bonchev–Trinajstić information content (AvgIpc) is 2.74. The molecular formula is C23H21FN2O3. The monoisotopic (exact) mass is 392 g/mol. The summed E-state index contributed by atoms with van der Waals surface area (Å²) in [4.78, 5) is 25.1. The summed E-state index contributed by atoms with van der Waals surface area (Å²) in [5.74, 6) is -1.39. The second kappa shape index (κ2) is 9.50. The third-order valence-corrected chi connectivity index (χ3v) is 4.38. The molecule has 0 aliphatic carbocycles. The lowest BCUT2D eigenvalue weighted by molar-refractivity contribution is 0.0955. The Morgan fingerprint density at radius 1 is 0.931 bits per heavy atom. The predicted octanol–water partition coefficient (Wildman–Crippen LogP) is 4.06. The lowest BCUT2D eigenvalue weighted by Gasteiger charge is -2.12. The fourth-order valence-electron chi connectivity index (χ4n) is 2.85. The van der Waals surface area contributed by atoms with Crippen molar-refractivity contribution in [3.05, 3.63) is 95.3 Å². The minimum absolute atomic E-state index is 0.0553. The highest BCUT2D eigenvalue weighted by Gasteiger charge is 2.15. The summed E-state index contributed by atoms with van der Waals surface area (Å²) in [6, 6.07) is 20.4. The summed E-state index contributed by atoms with van der Waals surface area (Å²) in [5, 5.41) is 5.53. The molecule has 0 spiro atoms. The highest BCUT2D eigenvalue weighted by atomic mass is 19.1. The van der Waals surface area contributed by atoms with Crippen LogP contribution in [0.3, 0.4) is 0 Å². The zero-order chi connectivity index (χ0) is 20.6. The van der Waals surface area contributed by atoms with Gasteiger partial charge in [-0.25, -0.2) is 4.39 Å². The first-order valence-electron chi connectivity index (χ1n) is 9.14. The van der Waals surface area contributed by atoms with E-state index in [-0.39, 0.29) is 17.2 Å². The van der Waals surface area contributed by atoms with Crippen LogP contribution in [0, 0.1) is 5.82 Å². The highest BCUT2D eigenvalue weighted by molar-refractivity contribution is 6.09. The number of nitrogens with one attached hydrogen (secondary N) is 2. The van der Waals surface area contributed by atoms with Gasteiger partial charge in [-0.15, -0.1) is 0 Å². The first-order chi connectivity index (χ1) is 14.1. The van der Waals surface area contributed by atoms with Gasteiger partial charge in [0.25, 0.3) is 11.8 Å². The molecule has 5 nitrogen and oxygen atoms in total. The van der Waals surface area contributed by atoms with E-state index in [0.717, 1.165) is 11.6 Å². The van der Waals surface area contributed by atoms with Crippen LogP contribution in [0.4, 0.5) is 10.1 Å². The minimum atomic E-state index is -0.632. The third kappa shape index (κ3) is 5.19. The van der Waals surface area contributed by atoms with Gasteiger partial charge in [-0.3, -0.25) is 9.59 Å². The van der Waals surface area contributed by atoms with Crippen molar-refractivity contribution in [2.24, 2.45) is 0 Å². The number of rotatable bonds is 7. The number of para-hydroxylation sites is 1. The third-order valence-electron chi connectivity index (χ3n) is 4.38. The first kappa shape index (κ1) is 20.1. The van der Waals surface area contributed by atoms with Crippen LogP contribution in [0.25, 0.3) is 0 Å². The van der Waals surface area contributed by atoms with E-state index in [0.29, 0.717) is 24.2 Å². The van der Waals surface area contributed by atoms with E-state index < -0.39 is 11.7 Å². The molecule has 2 N–H and O–H groups in total. The van der Waals surface area contributed by atoms with Crippen molar-refractivity contribution in [2.75, 3.05) is 19.0 Å². The average molecular weight is 392 g/mol. The molecule has 0 unspecified atom stereocenters. The van der Waals surface area contributed by atoms with Crippen molar-refractivity contribution in [2.45, 2.75) is 6.42 Å². The molecule has 6 heteroatoms. The van der Waals surface area contributed by atoms with Crippen molar-refractivity contribution in [1.29, 1.82) is 0 Å². The van der Waals surface area contributed by atoms with E-state index in [1.165, 1.54) is 19.2 Å². The summed E-state index contributed by atoms with van der Waals surface area (Å²) in [6.07, 6.45) is 0.701. The molecule has 3 aromatic carbocycles. The summed E-state index contributed by atoms with van der Waals surface area (Å²) in [5.41, 5.74) is 1.94. The van der Waals surface area contributed by atoms with Gasteiger partial charge in [0.1, 0.15) is 0 Å². The van der Waals surface area contributed by atoms with Crippen LogP contribution >= 0.6 is 0 Å². The van der Waals surface area contributed by atoms with Crippen molar-refractivity contribution in [3.63, 3.8) is 0 Å². The number of benzene rings is 3. The minimum Gasteiger partial charge on any atom is -0.494 e. The molecule has 0 aliphatic heterocycles. The fraction of sp³-hybridized carbons (Fsp3) is 0.130. The molecule has 3 aromatic rings. The topological polar surface area (TPSA) is 67.4 Å². The molecule has 0 saturated carbocycles. The molecule has 0 aromatic heterocycles. The highest BCUT2D eigenvalue weighted by Crippen LogP contribution is 2.20. The molecule has 2 amide bonds. The van der Waals surface area contributed by atoms with Gasteiger partial charge in [0.15, 0.2) is 11.6 Å². The second-order valence-corrected chi connectivity index (χ2v) is 6.34. The number of carbonyl (C=O) groups excluding carboxylic acids is 2. The molecule has 0 saturated heterocycles. The Kier molecular flexibility index (Phi) is 6.58. The van der Waals surface area contributed by atoms with Gasteiger partial charge in [-0.1, -0.05) is 42.5 Å². The first-order valence-corrected chi connectivity index (χ1v) is 9.14. The standard InChI is InChI=1S/C23H21FN2O3/c1-29-21-12-11-17(15-19(21)24)22(27)26-20-10-6-5-9-18(20)23(28)25-14-13-16-7-3-2-4-8-16/h2-12,15H,13-14H2,1H3,(H,25,28)(H,26,27). The number of anilines is 1. The van der Waals surface area contributed by atoms with Crippen LogP contribution in [-0.2, 0) is 6.42 Å². The molecular weight excluding hydrogens is 371 g/mol. The van der Waals surface area contributed by atoms with Gasteiger partial charge in [0.05, 0.1) is 18.4 Å². The number of carbonyl (C=O) groups is 2. The Labute approximate surface area is 168 Å². The number of hydrogen-bond acceptors (Lipinski definition) is 3. The molecule has 29 heavy (non-hydrogen) atoms. The Balaban J connectivity index is 1.67. The number of hydrogen-bond donors (Lipinski definition) is 2. The maximum atomic E-state index is 13.9. The summed E-state index contributed by atoms with van der Waals surface area (Å²) >= 11 is 0. The largest absolute Gasteiger partial charge is 0.494 e. The summed E-state index contributed by atoms with van der Waals surface area (Å²) in [6.45, 7) is 0.467. The molecule has 0 heterocycles. The maximum absolute atomic E-state index is 13.9. The van der Waals surface area contributed by atoms with Gasteiger partial charge < -0.3 is 15.4 Å². The van der Waals surface area contributed by atoms with Crippen LogP contribution in [-0.4, -0.2) is 25.5 Å². The molecule has 0 bridgehead atoms. The van der Waals surface area contributed by atoms with E-state index in [4.69, 9.17) is 4.74 Å². The Hall–Kier alpha value is -3.67. The molecule has 148 valence electrons. The SMILES string of the molecule is COc1ccc(C(=O)Nc2ccccc2C(=O)NCCc2ccccc2)cc1F. The van der Waals surface area contributed by atoms with Gasteiger partial charge in [-0.2, -0.15) is 0 Å². The van der Waals surface area contributed by atoms with E-state index in [2.05, 4.69) is 10.6 Å². The lowest BCUT2D eigenvalue weighted by Crippen LogP contribution is -2.27. The second-order valence-electron chi connectivity index (χ2n) is 6.34. The molecule has 0 atom stereocenters. The van der Waals surface area contributed by atoms with Crippen LogP contribution < -0.4 is 15.4 Å². The van der Waals surface area contributed by atoms with Crippen LogP contribution in [0.15, 0.2) is 72.8 Å². The van der Waals surface area contributed by atoms with Gasteiger partial charge >= 0.3 is 0 Å². The van der Waals surface area contributed by atoms with Crippen LogP contribution in [0.2, 0.25) is 0 Å². The molecule has 0 aliphatic rings. The van der Waals surface area contributed by atoms with E-state index in [1.807, 2.05) is 30.3 Å². The molecule has 3 rings (SSSR count). The zero-order valence-corrected chi connectivity index (χ0v) is 15.9. The van der Waals surface area contributed by atoms with E-state index in [9.17, 15) is 14.0 Å². The van der Waals surface area contributed by atoms with E-state index in [1.54, 1.807) is 24.3 Å². The number of ether oxygens (including phenoxy) is 1. The Morgan fingerprint density at radius 3 is 2.38 bits per heavy atom. The fourth-order valence-corrected chi connectivity index (χ4v) is 2.85. The molecule has 0 radical (unpaired) electrons.